The van der Waals surface area contributed by atoms with Gasteiger partial charge in [0.15, 0.2) is 5.76 Å². The molecule has 0 spiro atoms. The summed E-state index contributed by atoms with van der Waals surface area (Å²) < 4.78 is 0. The lowest BCUT2D eigenvalue weighted by Gasteiger charge is -2.13. The van der Waals surface area contributed by atoms with E-state index in [1.54, 1.807) is 5.06 Å². The lowest BCUT2D eigenvalue weighted by atomic mass is 10.1. The summed E-state index contributed by atoms with van der Waals surface area (Å²) in [6.45, 7) is 0. The predicted molar refractivity (Wildman–Crippen MR) is 80.4 cm³/mol. The van der Waals surface area contributed by atoms with Crippen LogP contribution >= 0.6 is 0 Å². The molecule has 1 unspecified atom stereocenters. The molecule has 0 bridgehead atoms. The Bertz CT molecular complexity index is 665. The zero-order chi connectivity index (χ0) is 13.8. The minimum absolute atomic E-state index is 0.0228. The van der Waals surface area contributed by atoms with E-state index in [9.17, 15) is 0 Å². The largest absolute Gasteiger partial charge is 0.404 e. The van der Waals surface area contributed by atoms with E-state index < -0.39 is 0 Å². The maximum absolute atomic E-state index is 5.74. The maximum Gasteiger partial charge on any atom is 0.153 e. The van der Waals surface area contributed by atoms with Gasteiger partial charge in [0.05, 0.1) is 0 Å². The Morgan fingerprint density at radius 2 is 1.60 bits per heavy atom. The van der Waals surface area contributed by atoms with Crippen molar-refractivity contribution in [1.29, 1.82) is 0 Å². The first-order valence-corrected chi connectivity index (χ1v) is 6.57. The third-order valence-electron chi connectivity index (χ3n) is 3.14. The molecule has 20 heavy (non-hydrogen) atoms. The maximum atomic E-state index is 5.74. The monoisotopic (exact) mass is 261 g/mol. The van der Waals surface area contributed by atoms with E-state index in [1.807, 2.05) is 73.8 Å². The number of likely N-dealkylation sites (N-methyl/N-ethyl adjacent to an activating group) is 1. The van der Waals surface area contributed by atoms with Gasteiger partial charge in [-0.25, -0.2) is 0 Å². The van der Waals surface area contributed by atoms with E-state index in [2.05, 4.69) is 11.8 Å². The fraction of sp³-hybridized carbons (Fsp3) is 0.111. The quantitative estimate of drug-likeness (QED) is 0.730. The molecule has 0 aliphatic carbocycles. The van der Waals surface area contributed by atoms with Crippen molar-refractivity contribution in [3.63, 3.8) is 0 Å². The molecule has 2 nitrogen and oxygen atoms in total. The Morgan fingerprint density at radius 1 is 0.950 bits per heavy atom. The predicted octanol–water partition coefficient (Wildman–Crippen LogP) is 3.32. The van der Waals surface area contributed by atoms with Crippen LogP contribution in [-0.2, 0) is 4.84 Å². The molecule has 2 heteroatoms. The third kappa shape index (κ3) is 2.74. The van der Waals surface area contributed by atoms with Gasteiger partial charge < -0.3 is 4.84 Å². The van der Waals surface area contributed by atoms with Gasteiger partial charge in [-0.2, -0.15) is 0 Å². The molecular weight excluding hydrogens is 246 g/mol. The molecule has 1 aliphatic heterocycles. The molecule has 2 aromatic carbocycles. The molecular formula is C18H15NO. The molecule has 3 rings (SSSR count). The first-order chi connectivity index (χ1) is 9.83. The third-order valence-corrected chi connectivity index (χ3v) is 3.14. The standard InChI is InChI=1S/C18H15NO/c1-19-17(13-12-15-8-4-2-5-9-15)14-18(20-19)16-10-6-3-7-11-16/h2-11,14,17H,1H3. The second-order valence-corrected chi connectivity index (χ2v) is 4.61. The molecule has 0 saturated carbocycles. The van der Waals surface area contributed by atoms with Crippen LogP contribution in [-0.4, -0.2) is 18.2 Å². The lowest BCUT2D eigenvalue weighted by molar-refractivity contribution is -0.0510. The van der Waals surface area contributed by atoms with Gasteiger partial charge in [-0.1, -0.05) is 60.4 Å². The minimum Gasteiger partial charge on any atom is -0.404 e. The summed E-state index contributed by atoms with van der Waals surface area (Å²) in [7, 11) is 1.90. The van der Waals surface area contributed by atoms with Crippen molar-refractivity contribution in [3.8, 4) is 11.8 Å². The van der Waals surface area contributed by atoms with Crippen LogP contribution in [0.25, 0.3) is 5.76 Å². The second kappa shape index (κ2) is 5.64. The molecule has 2 aromatic rings. The molecule has 98 valence electrons. The lowest BCUT2D eigenvalue weighted by Crippen LogP contribution is -2.22. The van der Waals surface area contributed by atoms with E-state index in [0.29, 0.717) is 0 Å². The summed E-state index contributed by atoms with van der Waals surface area (Å²) in [6, 6.07) is 20.0. The highest BCUT2D eigenvalue weighted by atomic mass is 16.7. The smallest absolute Gasteiger partial charge is 0.153 e. The van der Waals surface area contributed by atoms with Gasteiger partial charge in [0, 0.05) is 18.2 Å². The molecule has 0 N–H and O–H groups in total. The molecule has 1 atom stereocenters. The van der Waals surface area contributed by atoms with Gasteiger partial charge in [0.25, 0.3) is 0 Å². The van der Waals surface area contributed by atoms with Crippen LogP contribution in [0.3, 0.4) is 0 Å². The second-order valence-electron chi connectivity index (χ2n) is 4.61. The normalized spacial score (nSPS) is 17.9. The van der Waals surface area contributed by atoms with Crippen LogP contribution in [0.1, 0.15) is 11.1 Å². The molecule has 0 radical (unpaired) electrons. The zero-order valence-corrected chi connectivity index (χ0v) is 11.3. The highest BCUT2D eigenvalue weighted by Gasteiger charge is 2.22. The van der Waals surface area contributed by atoms with Crippen LogP contribution in [0, 0.1) is 11.8 Å². The average Bonchev–Trinajstić information content (AvgIpc) is 2.88. The molecule has 1 aliphatic rings. The summed E-state index contributed by atoms with van der Waals surface area (Å²) in [5.74, 6) is 7.26. The van der Waals surface area contributed by atoms with Crippen LogP contribution in [0.15, 0.2) is 66.7 Å². The van der Waals surface area contributed by atoms with Crippen molar-refractivity contribution in [2.24, 2.45) is 0 Å². The van der Waals surface area contributed by atoms with Gasteiger partial charge in [-0.05, 0) is 18.2 Å². The topological polar surface area (TPSA) is 12.5 Å². The van der Waals surface area contributed by atoms with Crippen molar-refractivity contribution in [2.45, 2.75) is 6.04 Å². The molecule has 0 aromatic heterocycles. The molecule has 0 amide bonds. The van der Waals surface area contributed by atoms with Crippen LogP contribution in [0.4, 0.5) is 0 Å². The van der Waals surface area contributed by atoms with Crippen LogP contribution in [0.5, 0.6) is 0 Å². The van der Waals surface area contributed by atoms with E-state index in [-0.39, 0.29) is 6.04 Å². The zero-order valence-electron chi connectivity index (χ0n) is 11.3. The molecule has 0 fully saturated rings. The van der Waals surface area contributed by atoms with E-state index in [0.717, 1.165) is 16.9 Å². The van der Waals surface area contributed by atoms with Gasteiger partial charge in [0.2, 0.25) is 0 Å². The fourth-order valence-corrected chi connectivity index (χ4v) is 2.05. The van der Waals surface area contributed by atoms with Gasteiger partial charge >= 0.3 is 0 Å². The summed E-state index contributed by atoms with van der Waals surface area (Å²) in [5.41, 5.74) is 2.09. The molecule has 0 saturated heterocycles. The van der Waals surface area contributed by atoms with Gasteiger partial charge in [0.1, 0.15) is 6.04 Å². The Hall–Kier alpha value is -2.50. The van der Waals surface area contributed by atoms with Crippen molar-refractivity contribution in [2.75, 3.05) is 7.05 Å². The number of rotatable bonds is 1. The highest BCUT2D eigenvalue weighted by Crippen LogP contribution is 2.24. The van der Waals surface area contributed by atoms with Crippen LogP contribution in [0.2, 0.25) is 0 Å². The summed E-state index contributed by atoms with van der Waals surface area (Å²) in [6.07, 6.45) is 2.05. The highest BCUT2D eigenvalue weighted by molar-refractivity contribution is 5.62. The van der Waals surface area contributed by atoms with Crippen molar-refractivity contribution in [1.82, 2.24) is 5.06 Å². The van der Waals surface area contributed by atoms with Crippen LogP contribution < -0.4 is 0 Å². The first kappa shape index (κ1) is 12.5. The SMILES string of the molecule is CN1OC(c2ccccc2)=CC1C#Cc1ccccc1. The Labute approximate surface area is 119 Å². The van der Waals surface area contributed by atoms with E-state index in [4.69, 9.17) is 4.84 Å². The number of benzene rings is 2. The molecule has 1 heterocycles. The number of hydrogen-bond donors (Lipinski definition) is 0. The van der Waals surface area contributed by atoms with Gasteiger partial charge in [-0.3, -0.25) is 0 Å². The Balaban J connectivity index is 1.82. The van der Waals surface area contributed by atoms with Gasteiger partial charge in [-0.15, -0.1) is 5.06 Å². The summed E-state index contributed by atoms with van der Waals surface area (Å²) in [4.78, 5) is 5.74. The van der Waals surface area contributed by atoms with Crippen molar-refractivity contribution in [3.05, 3.63) is 77.9 Å². The summed E-state index contributed by atoms with van der Waals surface area (Å²) >= 11 is 0. The number of hydrogen-bond acceptors (Lipinski definition) is 2. The number of hydroxylamine groups is 2. The van der Waals surface area contributed by atoms with Crippen molar-refractivity contribution >= 4 is 5.76 Å². The summed E-state index contributed by atoms with van der Waals surface area (Å²) in [5, 5.41) is 1.78. The van der Waals surface area contributed by atoms with E-state index >= 15 is 0 Å². The first-order valence-electron chi connectivity index (χ1n) is 6.57. The number of nitrogens with zero attached hydrogens (tertiary/aromatic N) is 1. The Morgan fingerprint density at radius 3 is 2.30 bits per heavy atom. The van der Waals surface area contributed by atoms with E-state index in [1.165, 1.54) is 0 Å². The fourth-order valence-electron chi connectivity index (χ4n) is 2.05. The minimum atomic E-state index is -0.0228. The van der Waals surface area contributed by atoms with Crippen molar-refractivity contribution < 1.29 is 4.84 Å². The average molecular weight is 261 g/mol. The Kier molecular flexibility index (Phi) is 3.54.